The van der Waals surface area contributed by atoms with Crippen LogP contribution in [0.25, 0.3) is 0 Å². The molecule has 0 saturated heterocycles. The third-order valence-electron chi connectivity index (χ3n) is 6.75. The number of aliphatic hydroxyl groups is 1. The van der Waals surface area contributed by atoms with E-state index in [-0.39, 0.29) is 36.5 Å². The van der Waals surface area contributed by atoms with Crippen molar-refractivity contribution in [2.24, 2.45) is 5.92 Å². The summed E-state index contributed by atoms with van der Waals surface area (Å²) >= 11 is 0. The Balaban J connectivity index is 1.97. The lowest BCUT2D eigenvalue weighted by molar-refractivity contribution is -0.000452. The number of aliphatic hydroxyl groups excluding tert-OH is 1. The van der Waals surface area contributed by atoms with Crippen LogP contribution in [-0.2, 0) is 4.74 Å². The lowest BCUT2D eigenvalue weighted by Gasteiger charge is -2.34. The molecule has 0 unspecified atom stereocenters. The second kappa shape index (κ2) is 14.1. The van der Waals surface area contributed by atoms with Gasteiger partial charge in [-0.15, -0.1) is 0 Å². The van der Waals surface area contributed by atoms with Crippen LogP contribution in [0.1, 0.15) is 60.7 Å². The Kier molecular flexibility index (Phi) is 10.9. The molecule has 8 heteroatoms. The summed E-state index contributed by atoms with van der Waals surface area (Å²) in [5, 5.41) is 16.1. The van der Waals surface area contributed by atoms with E-state index in [0.717, 1.165) is 19.3 Å². The van der Waals surface area contributed by atoms with Gasteiger partial charge in [0, 0.05) is 36.9 Å². The minimum absolute atomic E-state index is 0.0256. The predicted octanol–water partition coefficient (Wildman–Crippen LogP) is 3.95. The van der Waals surface area contributed by atoms with Gasteiger partial charge in [0.15, 0.2) is 0 Å². The molecule has 0 radical (unpaired) electrons. The van der Waals surface area contributed by atoms with Gasteiger partial charge in [0.1, 0.15) is 5.75 Å². The van der Waals surface area contributed by atoms with Gasteiger partial charge in [0.25, 0.3) is 11.8 Å². The van der Waals surface area contributed by atoms with Crippen LogP contribution >= 0.6 is 0 Å². The first-order valence-electron chi connectivity index (χ1n) is 13.2. The fourth-order valence-corrected chi connectivity index (χ4v) is 4.48. The summed E-state index contributed by atoms with van der Waals surface area (Å²) in [6.45, 7) is 7.43. The third kappa shape index (κ3) is 8.02. The smallest absolute Gasteiger partial charge is 0.258 e. The van der Waals surface area contributed by atoms with Crippen LogP contribution in [0.5, 0.6) is 5.75 Å². The van der Waals surface area contributed by atoms with E-state index >= 15 is 0 Å². The van der Waals surface area contributed by atoms with Crippen LogP contribution in [0.3, 0.4) is 0 Å². The average molecular weight is 512 g/mol. The number of carbonyl (C=O) groups excluding carboxylic acids is 2. The number of hydrogen-bond donors (Lipinski definition) is 3. The molecule has 1 aliphatic heterocycles. The molecule has 0 spiro atoms. The summed E-state index contributed by atoms with van der Waals surface area (Å²) < 4.78 is 12.4. The lowest BCUT2D eigenvalue weighted by Crippen LogP contribution is -2.47. The van der Waals surface area contributed by atoms with Crippen LogP contribution < -0.4 is 15.4 Å². The quantitative estimate of drug-likeness (QED) is 0.543. The Labute approximate surface area is 220 Å². The van der Waals surface area contributed by atoms with Crippen molar-refractivity contribution >= 4 is 17.5 Å². The van der Waals surface area contributed by atoms with Crippen LogP contribution in [0.4, 0.5) is 5.69 Å². The van der Waals surface area contributed by atoms with Gasteiger partial charge in [-0.05, 0) is 70.5 Å². The molecule has 0 fully saturated rings. The zero-order valence-electron chi connectivity index (χ0n) is 22.4. The van der Waals surface area contributed by atoms with E-state index in [2.05, 4.69) is 17.6 Å². The van der Waals surface area contributed by atoms with Gasteiger partial charge in [-0.2, -0.15) is 0 Å². The number of nitrogens with one attached hydrogen (secondary N) is 2. The Morgan fingerprint density at radius 3 is 2.62 bits per heavy atom. The Morgan fingerprint density at radius 2 is 1.92 bits per heavy atom. The molecule has 37 heavy (non-hydrogen) atoms. The molecular weight excluding hydrogens is 470 g/mol. The van der Waals surface area contributed by atoms with Crippen LogP contribution in [-0.4, -0.2) is 73.4 Å². The van der Waals surface area contributed by atoms with E-state index in [1.807, 2.05) is 27.0 Å². The summed E-state index contributed by atoms with van der Waals surface area (Å²) in [5.74, 6) is -0.0215. The first-order valence-corrected chi connectivity index (χ1v) is 13.2. The molecule has 3 N–H and O–H groups in total. The zero-order valence-corrected chi connectivity index (χ0v) is 22.4. The zero-order chi connectivity index (χ0) is 26.8. The molecule has 0 saturated carbocycles. The lowest BCUT2D eigenvalue weighted by atomic mass is 10.0. The van der Waals surface area contributed by atoms with E-state index < -0.39 is 6.04 Å². The highest BCUT2D eigenvalue weighted by molar-refractivity contribution is 6.05. The molecule has 1 aliphatic rings. The Morgan fingerprint density at radius 1 is 1.16 bits per heavy atom. The predicted molar refractivity (Wildman–Crippen MR) is 145 cm³/mol. The highest BCUT2D eigenvalue weighted by atomic mass is 16.5. The van der Waals surface area contributed by atoms with E-state index in [0.29, 0.717) is 42.3 Å². The van der Waals surface area contributed by atoms with Crippen molar-refractivity contribution in [2.45, 2.75) is 58.3 Å². The highest BCUT2D eigenvalue weighted by Gasteiger charge is 2.29. The molecule has 0 aliphatic carbocycles. The molecule has 2 aromatic carbocycles. The number of fused-ring (bicyclic) bond motifs is 1. The number of carbonyl (C=O) groups is 2. The molecule has 1 heterocycles. The summed E-state index contributed by atoms with van der Waals surface area (Å²) in [6, 6.07) is 13.7. The first kappa shape index (κ1) is 28.6. The number of rotatable bonds is 6. The number of benzene rings is 2. The number of hydrogen-bond acceptors (Lipinski definition) is 6. The molecule has 202 valence electrons. The molecule has 2 amide bonds. The maximum Gasteiger partial charge on any atom is 0.258 e. The third-order valence-corrected chi connectivity index (χ3v) is 6.75. The fraction of sp³-hybridized carbons (Fsp3) is 0.517. The summed E-state index contributed by atoms with van der Waals surface area (Å²) in [5.41, 5.74) is 1.38. The molecule has 0 bridgehead atoms. The largest absolute Gasteiger partial charge is 0.490 e. The minimum Gasteiger partial charge on any atom is -0.490 e. The summed E-state index contributed by atoms with van der Waals surface area (Å²) in [6.07, 6.45) is 2.53. The molecular formula is C29H41N3O5. The number of amides is 2. The second-order valence-electron chi connectivity index (χ2n) is 9.89. The average Bonchev–Trinajstić information content (AvgIpc) is 2.90. The van der Waals surface area contributed by atoms with Gasteiger partial charge < -0.3 is 30.1 Å². The van der Waals surface area contributed by atoms with E-state index in [1.54, 1.807) is 47.4 Å². The highest BCUT2D eigenvalue weighted by Crippen LogP contribution is 2.28. The van der Waals surface area contributed by atoms with Gasteiger partial charge in [-0.1, -0.05) is 25.1 Å². The Hall–Kier alpha value is -2.94. The van der Waals surface area contributed by atoms with Crippen molar-refractivity contribution in [3.63, 3.8) is 0 Å². The SMILES string of the molecule is CNC[C@H]1OCCCC[C@@H](C)Oc2ccc(NC(=O)c3ccccc3)cc2C(=O)N([C@@H](C)CO)C[C@@H]1C. The van der Waals surface area contributed by atoms with Crippen LogP contribution in [0.2, 0.25) is 0 Å². The molecule has 0 aromatic heterocycles. The maximum atomic E-state index is 14.0. The monoisotopic (exact) mass is 511 g/mol. The number of anilines is 1. The molecule has 8 nitrogen and oxygen atoms in total. The fourth-order valence-electron chi connectivity index (χ4n) is 4.48. The Bertz CT molecular complexity index is 1020. The van der Waals surface area contributed by atoms with Gasteiger partial charge in [-0.25, -0.2) is 0 Å². The first-order chi connectivity index (χ1) is 17.8. The number of ether oxygens (including phenoxy) is 2. The van der Waals surface area contributed by atoms with Crippen molar-refractivity contribution in [1.29, 1.82) is 0 Å². The second-order valence-corrected chi connectivity index (χ2v) is 9.89. The topological polar surface area (TPSA) is 100 Å². The van der Waals surface area contributed by atoms with Gasteiger partial charge in [-0.3, -0.25) is 9.59 Å². The van der Waals surface area contributed by atoms with E-state index in [1.165, 1.54) is 0 Å². The van der Waals surface area contributed by atoms with Crippen LogP contribution in [0, 0.1) is 5.92 Å². The van der Waals surface area contributed by atoms with Gasteiger partial charge in [0.2, 0.25) is 0 Å². The van der Waals surface area contributed by atoms with Crippen molar-refractivity contribution in [3.05, 3.63) is 59.7 Å². The van der Waals surface area contributed by atoms with Gasteiger partial charge >= 0.3 is 0 Å². The van der Waals surface area contributed by atoms with Gasteiger partial charge in [0.05, 0.1) is 30.4 Å². The number of nitrogens with zero attached hydrogens (tertiary/aromatic N) is 1. The summed E-state index contributed by atoms with van der Waals surface area (Å²) in [7, 11) is 1.89. The maximum absolute atomic E-state index is 14.0. The van der Waals surface area contributed by atoms with Crippen molar-refractivity contribution in [3.8, 4) is 5.75 Å². The summed E-state index contributed by atoms with van der Waals surface area (Å²) in [4.78, 5) is 28.4. The molecule has 2 aromatic rings. The molecule has 3 rings (SSSR count). The number of likely N-dealkylation sites (N-methyl/N-ethyl adjacent to an activating group) is 1. The minimum atomic E-state index is -0.411. The molecule has 4 atom stereocenters. The normalized spacial score (nSPS) is 22.4. The van der Waals surface area contributed by atoms with Crippen molar-refractivity contribution < 1.29 is 24.2 Å². The standard InChI is InChI=1S/C29H41N3O5/c1-20-18-32(21(2)19-33)29(35)25-16-24(31-28(34)23-11-6-5-7-12-23)13-14-26(25)37-22(3)10-8-9-15-36-27(20)17-30-4/h5-7,11-14,16,20-22,27,30,33H,8-10,15,17-19H2,1-4H3,(H,31,34)/t20-,21-,22+,27+/m0/s1. The van der Waals surface area contributed by atoms with E-state index in [9.17, 15) is 14.7 Å². The van der Waals surface area contributed by atoms with Crippen molar-refractivity contribution in [1.82, 2.24) is 10.2 Å². The van der Waals surface area contributed by atoms with E-state index in [4.69, 9.17) is 9.47 Å². The van der Waals surface area contributed by atoms with Crippen LogP contribution in [0.15, 0.2) is 48.5 Å². The van der Waals surface area contributed by atoms with Crippen molar-refractivity contribution in [2.75, 3.05) is 38.7 Å².